The van der Waals surface area contributed by atoms with Crippen LogP contribution in [0.4, 0.5) is 5.82 Å². The van der Waals surface area contributed by atoms with E-state index in [2.05, 4.69) is 9.88 Å². The predicted molar refractivity (Wildman–Crippen MR) is 75.4 cm³/mol. The van der Waals surface area contributed by atoms with E-state index in [1.807, 2.05) is 32.2 Å². The fourth-order valence-corrected chi connectivity index (χ4v) is 2.94. The second kappa shape index (κ2) is 5.59. The fourth-order valence-electron chi connectivity index (χ4n) is 2.94. The van der Waals surface area contributed by atoms with Crippen molar-refractivity contribution in [1.82, 2.24) is 4.98 Å². The zero-order valence-electron chi connectivity index (χ0n) is 11.7. The number of hydrogen-bond acceptors (Lipinski definition) is 3. The van der Waals surface area contributed by atoms with Gasteiger partial charge in [-0.15, -0.1) is 0 Å². The van der Waals surface area contributed by atoms with E-state index < -0.39 is 11.4 Å². The lowest BCUT2D eigenvalue weighted by Crippen LogP contribution is -2.48. The zero-order chi connectivity index (χ0) is 13.9. The van der Waals surface area contributed by atoms with Gasteiger partial charge in [-0.1, -0.05) is 19.4 Å². The highest BCUT2D eigenvalue weighted by Crippen LogP contribution is 2.36. The van der Waals surface area contributed by atoms with E-state index in [-0.39, 0.29) is 0 Å². The van der Waals surface area contributed by atoms with Gasteiger partial charge in [-0.05, 0) is 37.8 Å². The van der Waals surface area contributed by atoms with Crippen LogP contribution in [0.25, 0.3) is 0 Å². The van der Waals surface area contributed by atoms with Crippen LogP contribution in [-0.2, 0) is 4.79 Å². The number of nitrogens with zero attached hydrogens (tertiary/aromatic N) is 2. The maximum absolute atomic E-state index is 11.7. The predicted octanol–water partition coefficient (Wildman–Crippen LogP) is 2.86. The smallest absolute Gasteiger partial charge is 0.311 e. The molecule has 4 nitrogen and oxygen atoms in total. The minimum Gasteiger partial charge on any atom is -0.481 e. The number of rotatable bonds is 4. The van der Waals surface area contributed by atoms with Crippen molar-refractivity contribution in [3.8, 4) is 0 Å². The van der Waals surface area contributed by atoms with Crippen molar-refractivity contribution < 1.29 is 9.90 Å². The van der Waals surface area contributed by atoms with E-state index in [0.717, 1.165) is 43.6 Å². The molecule has 104 valence electrons. The van der Waals surface area contributed by atoms with Crippen LogP contribution in [0, 0.1) is 12.3 Å². The van der Waals surface area contributed by atoms with Crippen LogP contribution in [0.1, 0.15) is 38.2 Å². The van der Waals surface area contributed by atoms with Crippen molar-refractivity contribution in [3.05, 3.63) is 23.9 Å². The first-order chi connectivity index (χ1) is 9.07. The average molecular weight is 262 g/mol. The molecule has 0 aliphatic carbocycles. The molecule has 1 aliphatic rings. The van der Waals surface area contributed by atoms with E-state index in [9.17, 15) is 9.90 Å². The second-order valence-electron chi connectivity index (χ2n) is 5.55. The number of carboxylic acids is 1. The number of carboxylic acid groups (broad SMARTS) is 1. The summed E-state index contributed by atoms with van der Waals surface area (Å²) in [5, 5.41) is 9.58. The van der Waals surface area contributed by atoms with E-state index in [4.69, 9.17) is 0 Å². The molecule has 4 heteroatoms. The number of aromatic nitrogens is 1. The van der Waals surface area contributed by atoms with Crippen LogP contribution in [0.5, 0.6) is 0 Å². The highest BCUT2D eigenvalue weighted by Gasteiger charge is 2.41. The Bertz CT molecular complexity index is 440. The molecule has 0 saturated carbocycles. The van der Waals surface area contributed by atoms with Crippen LogP contribution >= 0.6 is 0 Å². The SMILES string of the molecule is CCCC1(C(=O)O)CCCN(c2ccc(C)cn2)C1. The third-order valence-corrected chi connectivity index (χ3v) is 3.98. The Morgan fingerprint density at radius 1 is 1.53 bits per heavy atom. The molecule has 1 fully saturated rings. The standard InChI is InChI=1S/C15H22N2O2/c1-3-7-15(14(18)19)8-4-9-17(11-15)13-6-5-12(2)10-16-13/h5-6,10H,3-4,7-9,11H2,1-2H3,(H,18,19). The first kappa shape index (κ1) is 13.8. The summed E-state index contributed by atoms with van der Waals surface area (Å²) in [6.07, 6.45) is 5.18. The number of aliphatic carboxylic acids is 1. The normalized spacial score (nSPS) is 23.4. The molecule has 0 amide bonds. The van der Waals surface area contributed by atoms with Gasteiger partial charge in [-0.2, -0.15) is 0 Å². The van der Waals surface area contributed by atoms with E-state index in [1.165, 1.54) is 0 Å². The molecule has 1 atom stereocenters. The largest absolute Gasteiger partial charge is 0.481 e. The number of carbonyl (C=O) groups is 1. The van der Waals surface area contributed by atoms with Gasteiger partial charge in [0, 0.05) is 19.3 Å². The van der Waals surface area contributed by atoms with Gasteiger partial charge >= 0.3 is 5.97 Å². The van der Waals surface area contributed by atoms with E-state index >= 15 is 0 Å². The third kappa shape index (κ3) is 2.88. The van der Waals surface area contributed by atoms with Crippen LogP contribution in [0.3, 0.4) is 0 Å². The number of hydrogen-bond donors (Lipinski definition) is 1. The topological polar surface area (TPSA) is 53.4 Å². The van der Waals surface area contributed by atoms with Gasteiger partial charge < -0.3 is 10.0 Å². The molecule has 19 heavy (non-hydrogen) atoms. The fraction of sp³-hybridized carbons (Fsp3) is 0.600. The van der Waals surface area contributed by atoms with E-state index in [1.54, 1.807) is 0 Å². The summed E-state index contributed by atoms with van der Waals surface area (Å²) in [5.41, 5.74) is 0.526. The maximum atomic E-state index is 11.7. The van der Waals surface area contributed by atoms with Crippen molar-refractivity contribution in [1.29, 1.82) is 0 Å². The molecule has 1 aromatic rings. The Labute approximate surface area is 114 Å². The molecule has 1 unspecified atom stereocenters. The molecule has 2 heterocycles. The molecule has 1 aliphatic heterocycles. The summed E-state index contributed by atoms with van der Waals surface area (Å²) in [4.78, 5) is 18.2. The maximum Gasteiger partial charge on any atom is 0.311 e. The lowest BCUT2D eigenvalue weighted by molar-refractivity contribution is -0.150. The van der Waals surface area contributed by atoms with Gasteiger partial charge in [0.15, 0.2) is 0 Å². The highest BCUT2D eigenvalue weighted by molar-refractivity contribution is 5.76. The van der Waals surface area contributed by atoms with Gasteiger partial charge in [0.25, 0.3) is 0 Å². The zero-order valence-corrected chi connectivity index (χ0v) is 11.7. The third-order valence-electron chi connectivity index (χ3n) is 3.98. The molecule has 0 aromatic carbocycles. The Morgan fingerprint density at radius 2 is 2.32 bits per heavy atom. The van der Waals surface area contributed by atoms with Gasteiger partial charge in [-0.25, -0.2) is 4.98 Å². The summed E-state index contributed by atoms with van der Waals surface area (Å²) in [5.74, 6) is 0.234. The molecule has 1 N–H and O–H groups in total. The Hall–Kier alpha value is -1.58. The highest BCUT2D eigenvalue weighted by atomic mass is 16.4. The average Bonchev–Trinajstić information content (AvgIpc) is 2.40. The lowest BCUT2D eigenvalue weighted by atomic mass is 9.76. The van der Waals surface area contributed by atoms with Crippen molar-refractivity contribution in [2.75, 3.05) is 18.0 Å². The van der Waals surface area contributed by atoms with Gasteiger partial charge in [0.05, 0.1) is 5.41 Å². The van der Waals surface area contributed by atoms with Gasteiger partial charge in [0.2, 0.25) is 0 Å². The monoisotopic (exact) mass is 262 g/mol. The van der Waals surface area contributed by atoms with E-state index in [0.29, 0.717) is 6.54 Å². The second-order valence-corrected chi connectivity index (χ2v) is 5.55. The number of pyridine rings is 1. The molecule has 2 rings (SSSR count). The number of anilines is 1. The lowest BCUT2D eigenvalue weighted by Gasteiger charge is -2.40. The van der Waals surface area contributed by atoms with Crippen LogP contribution in [0.15, 0.2) is 18.3 Å². The summed E-state index contributed by atoms with van der Waals surface area (Å²) >= 11 is 0. The molecule has 1 aromatic heterocycles. The summed E-state index contributed by atoms with van der Waals surface area (Å²) in [6, 6.07) is 4.01. The molecular formula is C15H22N2O2. The van der Waals surface area contributed by atoms with Crippen LogP contribution < -0.4 is 4.90 Å². The first-order valence-corrected chi connectivity index (χ1v) is 6.98. The van der Waals surface area contributed by atoms with Crippen molar-refractivity contribution >= 4 is 11.8 Å². The minimum atomic E-state index is -0.661. The quantitative estimate of drug-likeness (QED) is 0.906. The number of piperidine rings is 1. The number of aryl methyl sites for hydroxylation is 1. The molecule has 0 bridgehead atoms. The van der Waals surface area contributed by atoms with Crippen molar-refractivity contribution in [2.45, 2.75) is 39.5 Å². The summed E-state index contributed by atoms with van der Waals surface area (Å²) in [7, 11) is 0. The van der Waals surface area contributed by atoms with Gasteiger partial charge in [0.1, 0.15) is 5.82 Å². The summed E-state index contributed by atoms with van der Waals surface area (Å²) in [6.45, 7) is 5.53. The Kier molecular flexibility index (Phi) is 4.08. The first-order valence-electron chi connectivity index (χ1n) is 6.98. The minimum absolute atomic E-state index is 0.576. The molecule has 1 saturated heterocycles. The molecule has 0 radical (unpaired) electrons. The Balaban J connectivity index is 2.20. The Morgan fingerprint density at radius 3 is 2.89 bits per heavy atom. The van der Waals surface area contributed by atoms with Crippen LogP contribution in [0.2, 0.25) is 0 Å². The molecule has 0 spiro atoms. The van der Waals surface area contributed by atoms with Crippen molar-refractivity contribution in [2.24, 2.45) is 5.41 Å². The van der Waals surface area contributed by atoms with Gasteiger partial charge in [-0.3, -0.25) is 4.79 Å². The van der Waals surface area contributed by atoms with Crippen molar-refractivity contribution in [3.63, 3.8) is 0 Å². The van der Waals surface area contributed by atoms with Crippen LogP contribution in [-0.4, -0.2) is 29.1 Å². The molecular weight excluding hydrogens is 240 g/mol. The summed E-state index contributed by atoms with van der Waals surface area (Å²) < 4.78 is 0.